The predicted octanol–water partition coefficient (Wildman–Crippen LogP) is 3.80. The average molecular weight is 462 g/mol. The highest BCUT2D eigenvalue weighted by molar-refractivity contribution is 7.14. The number of nitrogens with zero attached hydrogens (tertiary/aromatic N) is 3. The van der Waals surface area contributed by atoms with Crippen LogP contribution in [-0.2, 0) is 9.59 Å². The molecule has 0 fully saturated rings. The van der Waals surface area contributed by atoms with Gasteiger partial charge in [0.1, 0.15) is 23.4 Å². The summed E-state index contributed by atoms with van der Waals surface area (Å²) < 4.78 is 26.6. The van der Waals surface area contributed by atoms with Gasteiger partial charge in [-0.25, -0.2) is 13.8 Å². The molecular weight excluding hydrogens is 448 g/mol. The minimum atomic E-state index is -0.876. The van der Waals surface area contributed by atoms with Crippen LogP contribution in [-0.4, -0.2) is 28.6 Å². The largest absolute Gasteiger partial charge is 0.368 e. The number of primary amides is 1. The molecule has 1 unspecified atom stereocenters. The van der Waals surface area contributed by atoms with Crippen molar-refractivity contribution >= 4 is 51.3 Å². The fourth-order valence-corrected chi connectivity index (χ4v) is 3.88. The molecule has 3 N–H and O–H groups in total. The summed E-state index contributed by atoms with van der Waals surface area (Å²) in [4.78, 5) is 28.8. The number of rotatable bonds is 5. The molecule has 0 saturated carbocycles. The number of carbonyl (C=O) groups is 2. The maximum atomic E-state index is 13.4. The predicted molar refractivity (Wildman–Crippen MR) is 115 cm³/mol. The molecule has 0 bridgehead atoms. The van der Waals surface area contributed by atoms with Crippen LogP contribution in [0.2, 0.25) is 5.02 Å². The number of amides is 2. The van der Waals surface area contributed by atoms with Gasteiger partial charge in [0.05, 0.1) is 16.4 Å². The number of hydrogen-bond donors (Lipinski definition) is 2. The second kappa shape index (κ2) is 8.40. The SMILES string of the molecule is NC(=O)C1CC(C(=O)Nc2nc(-c3ccc(F)c(Cl)c3)cs2)=NN1c1ccc(F)cc1. The summed E-state index contributed by atoms with van der Waals surface area (Å²) in [5.74, 6) is -2.19. The quantitative estimate of drug-likeness (QED) is 0.603. The van der Waals surface area contributed by atoms with Gasteiger partial charge < -0.3 is 5.73 Å². The molecule has 0 radical (unpaired) electrons. The van der Waals surface area contributed by atoms with Crippen LogP contribution < -0.4 is 16.1 Å². The summed E-state index contributed by atoms with van der Waals surface area (Å²) in [6.07, 6.45) is -0.00958. The summed E-state index contributed by atoms with van der Waals surface area (Å²) in [6, 6.07) is 8.65. The first kappa shape index (κ1) is 20.9. The van der Waals surface area contributed by atoms with Gasteiger partial charge in [0, 0.05) is 17.4 Å². The van der Waals surface area contributed by atoms with E-state index in [1.165, 1.54) is 58.8 Å². The van der Waals surface area contributed by atoms with Crippen molar-refractivity contribution in [2.75, 3.05) is 10.3 Å². The highest BCUT2D eigenvalue weighted by Gasteiger charge is 2.35. The van der Waals surface area contributed by atoms with Gasteiger partial charge >= 0.3 is 0 Å². The molecule has 1 atom stereocenters. The van der Waals surface area contributed by atoms with E-state index in [-0.39, 0.29) is 17.2 Å². The van der Waals surface area contributed by atoms with Gasteiger partial charge in [0.15, 0.2) is 5.13 Å². The van der Waals surface area contributed by atoms with Crippen LogP contribution in [0, 0.1) is 11.6 Å². The fourth-order valence-electron chi connectivity index (χ4n) is 2.99. The minimum Gasteiger partial charge on any atom is -0.368 e. The summed E-state index contributed by atoms with van der Waals surface area (Å²) in [5, 5.41) is 10.1. The molecule has 2 amide bonds. The molecular formula is C20H14ClF2N5O2S. The van der Waals surface area contributed by atoms with Crippen LogP contribution in [0.1, 0.15) is 6.42 Å². The van der Waals surface area contributed by atoms with Gasteiger partial charge in [-0.3, -0.25) is 19.9 Å². The van der Waals surface area contributed by atoms with E-state index in [0.29, 0.717) is 22.1 Å². The molecule has 0 spiro atoms. The van der Waals surface area contributed by atoms with Gasteiger partial charge in [0.25, 0.3) is 5.91 Å². The summed E-state index contributed by atoms with van der Waals surface area (Å²) >= 11 is 6.97. The van der Waals surface area contributed by atoms with Gasteiger partial charge in [-0.05, 0) is 42.5 Å². The van der Waals surface area contributed by atoms with Crippen molar-refractivity contribution in [1.29, 1.82) is 0 Å². The maximum Gasteiger partial charge on any atom is 0.273 e. The minimum absolute atomic E-state index is 0.00958. The van der Waals surface area contributed by atoms with Crippen LogP contribution in [0.3, 0.4) is 0 Å². The van der Waals surface area contributed by atoms with E-state index >= 15 is 0 Å². The Balaban J connectivity index is 1.52. The van der Waals surface area contributed by atoms with E-state index in [0.717, 1.165) is 0 Å². The van der Waals surface area contributed by atoms with Crippen molar-refractivity contribution < 1.29 is 18.4 Å². The Kier molecular flexibility index (Phi) is 5.66. The lowest BCUT2D eigenvalue weighted by Crippen LogP contribution is -2.39. The van der Waals surface area contributed by atoms with E-state index in [4.69, 9.17) is 17.3 Å². The lowest BCUT2D eigenvalue weighted by atomic mass is 10.1. The first-order valence-electron chi connectivity index (χ1n) is 8.95. The van der Waals surface area contributed by atoms with E-state index < -0.39 is 29.5 Å². The number of aromatic nitrogens is 1. The van der Waals surface area contributed by atoms with Crippen LogP contribution in [0.15, 0.2) is 52.9 Å². The number of anilines is 2. The van der Waals surface area contributed by atoms with Crippen molar-refractivity contribution in [3.8, 4) is 11.3 Å². The second-order valence-corrected chi connectivity index (χ2v) is 7.88. The van der Waals surface area contributed by atoms with Gasteiger partial charge in [-0.1, -0.05) is 11.6 Å². The molecule has 0 aliphatic carbocycles. The van der Waals surface area contributed by atoms with Crippen LogP contribution in [0.25, 0.3) is 11.3 Å². The third-order valence-corrected chi connectivity index (χ3v) is 5.58. The number of nitrogens with two attached hydrogens (primary N) is 1. The normalized spacial score (nSPS) is 15.6. The molecule has 7 nitrogen and oxygen atoms in total. The van der Waals surface area contributed by atoms with Crippen molar-refractivity contribution in [3.05, 3.63) is 64.5 Å². The molecule has 11 heteroatoms. The molecule has 3 aromatic rings. The van der Waals surface area contributed by atoms with E-state index in [2.05, 4.69) is 15.4 Å². The molecule has 2 heterocycles. The van der Waals surface area contributed by atoms with E-state index in [1.807, 2.05) is 0 Å². The molecule has 1 aliphatic heterocycles. The molecule has 0 saturated heterocycles. The Labute approximate surface area is 184 Å². The Morgan fingerprint density at radius 1 is 1.19 bits per heavy atom. The number of hydrogen-bond acceptors (Lipinski definition) is 6. The number of carbonyl (C=O) groups excluding carboxylic acids is 2. The smallest absolute Gasteiger partial charge is 0.273 e. The number of thiazole rings is 1. The molecule has 31 heavy (non-hydrogen) atoms. The third-order valence-electron chi connectivity index (χ3n) is 4.53. The van der Waals surface area contributed by atoms with Crippen LogP contribution >= 0.6 is 22.9 Å². The van der Waals surface area contributed by atoms with Gasteiger partial charge in [0.2, 0.25) is 5.91 Å². The number of nitrogens with one attached hydrogen (secondary N) is 1. The first-order valence-corrected chi connectivity index (χ1v) is 10.2. The van der Waals surface area contributed by atoms with E-state index in [9.17, 15) is 18.4 Å². The van der Waals surface area contributed by atoms with E-state index in [1.54, 1.807) is 5.38 Å². The van der Waals surface area contributed by atoms with Crippen molar-refractivity contribution in [1.82, 2.24) is 4.98 Å². The van der Waals surface area contributed by atoms with Crippen LogP contribution in [0.4, 0.5) is 19.6 Å². The first-order chi connectivity index (χ1) is 14.8. The average Bonchev–Trinajstić information content (AvgIpc) is 3.38. The van der Waals surface area contributed by atoms with Crippen molar-refractivity contribution in [2.45, 2.75) is 12.5 Å². The number of hydrazone groups is 1. The Hall–Kier alpha value is -3.37. The van der Waals surface area contributed by atoms with Crippen LogP contribution in [0.5, 0.6) is 0 Å². The van der Waals surface area contributed by atoms with Gasteiger partial charge in [-0.15, -0.1) is 11.3 Å². The molecule has 1 aliphatic rings. The zero-order chi connectivity index (χ0) is 22.1. The Morgan fingerprint density at radius 3 is 2.61 bits per heavy atom. The zero-order valence-corrected chi connectivity index (χ0v) is 17.3. The van der Waals surface area contributed by atoms with Crippen molar-refractivity contribution in [3.63, 3.8) is 0 Å². The highest BCUT2D eigenvalue weighted by Crippen LogP contribution is 2.29. The molecule has 4 rings (SSSR count). The molecule has 2 aromatic carbocycles. The summed E-state index contributed by atoms with van der Waals surface area (Å²) in [5.41, 5.74) is 7.07. The highest BCUT2D eigenvalue weighted by atomic mass is 35.5. The third kappa shape index (κ3) is 4.39. The monoisotopic (exact) mass is 461 g/mol. The molecule has 158 valence electrons. The number of halogens is 3. The standard InChI is InChI=1S/C20H14ClF2N5O2S/c21-13-7-10(1-6-14(13)23)16-9-31-20(25-16)26-19(30)15-8-17(18(24)29)28(27-15)12-4-2-11(22)3-5-12/h1-7,9,17H,8H2,(H2,24,29)(H,25,26,30). The molecule has 1 aromatic heterocycles. The number of benzene rings is 2. The topological polar surface area (TPSA) is 101 Å². The zero-order valence-electron chi connectivity index (χ0n) is 15.7. The summed E-state index contributed by atoms with van der Waals surface area (Å²) in [7, 11) is 0. The lowest BCUT2D eigenvalue weighted by molar-refractivity contribution is -0.119. The van der Waals surface area contributed by atoms with Gasteiger partial charge in [-0.2, -0.15) is 5.10 Å². The Bertz CT molecular complexity index is 1200. The Morgan fingerprint density at radius 2 is 1.94 bits per heavy atom. The fraction of sp³-hybridized carbons (Fsp3) is 0.100. The maximum absolute atomic E-state index is 13.4. The second-order valence-electron chi connectivity index (χ2n) is 6.61. The summed E-state index contributed by atoms with van der Waals surface area (Å²) in [6.45, 7) is 0. The lowest BCUT2D eigenvalue weighted by Gasteiger charge is -2.20. The van der Waals surface area contributed by atoms with Crippen molar-refractivity contribution in [2.24, 2.45) is 10.8 Å².